The number of oxazole rings is 1. The molecule has 0 aliphatic carbocycles. The maximum Gasteiger partial charge on any atom is 0.317 e. The van der Waals surface area contributed by atoms with Crippen molar-refractivity contribution in [3.05, 3.63) is 60.1 Å². The Morgan fingerprint density at radius 3 is 2.64 bits per heavy atom. The molecule has 33 heavy (non-hydrogen) atoms. The van der Waals surface area contributed by atoms with Crippen molar-refractivity contribution in [3.63, 3.8) is 0 Å². The zero-order valence-corrected chi connectivity index (χ0v) is 19.3. The number of anilines is 1. The molecule has 0 unspecified atom stereocenters. The Labute approximate surface area is 194 Å². The Kier molecular flexibility index (Phi) is 7.02. The molecular weight excluding hydrogens is 420 g/mol. The molecule has 174 valence electrons. The van der Waals surface area contributed by atoms with Gasteiger partial charge in [-0.1, -0.05) is 18.2 Å². The second-order valence-electron chi connectivity index (χ2n) is 7.93. The quantitative estimate of drug-likeness (QED) is 0.609. The highest BCUT2D eigenvalue weighted by Gasteiger charge is 2.21. The van der Waals surface area contributed by atoms with Crippen LogP contribution >= 0.6 is 0 Å². The Morgan fingerprint density at radius 2 is 1.88 bits per heavy atom. The molecule has 0 saturated carbocycles. The summed E-state index contributed by atoms with van der Waals surface area (Å²) >= 11 is 0. The average Bonchev–Trinajstić information content (AvgIpc) is 3.13. The van der Waals surface area contributed by atoms with E-state index in [9.17, 15) is 4.79 Å². The van der Waals surface area contributed by atoms with E-state index in [0.29, 0.717) is 31.3 Å². The van der Waals surface area contributed by atoms with Crippen molar-refractivity contribution in [2.45, 2.75) is 19.9 Å². The van der Waals surface area contributed by atoms with Gasteiger partial charge in [-0.25, -0.2) is 9.78 Å². The number of amides is 2. The molecule has 2 heterocycles. The molecule has 8 heteroatoms. The van der Waals surface area contributed by atoms with Gasteiger partial charge in [0.15, 0.2) is 11.7 Å². The van der Waals surface area contributed by atoms with Crippen molar-refractivity contribution in [1.29, 1.82) is 0 Å². The monoisotopic (exact) mass is 450 g/mol. The standard InChI is InChI=1S/C25H30N4O4/c1-18-26-17-24(33-18)21-10-9-20(15-23(21)32-3)28-11-6-12-29(14-13-28)25(30)27-16-19-7-4-5-8-22(19)31-2/h4-5,7-10,15,17H,6,11-14,16H2,1-3H3,(H,27,30). The molecule has 0 spiro atoms. The first kappa shape index (κ1) is 22.5. The van der Waals surface area contributed by atoms with Crippen molar-refractivity contribution in [2.24, 2.45) is 0 Å². The number of hydrogen-bond donors (Lipinski definition) is 1. The normalized spacial score (nSPS) is 14.0. The summed E-state index contributed by atoms with van der Waals surface area (Å²) in [6, 6.07) is 13.7. The third kappa shape index (κ3) is 5.22. The Hall–Kier alpha value is -3.68. The highest BCUT2D eigenvalue weighted by molar-refractivity contribution is 5.74. The summed E-state index contributed by atoms with van der Waals surface area (Å²) in [7, 11) is 3.29. The largest absolute Gasteiger partial charge is 0.496 e. The summed E-state index contributed by atoms with van der Waals surface area (Å²) < 4.78 is 16.7. The molecule has 1 aliphatic rings. The van der Waals surface area contributed by atoms with Gasteiger partial charge in [0.05, 0.1) is 26.0 Å². The minimum Gasteiger partial charge on any atom is -0.496 e. The smallest absolute Gasteiger partial charge is 0.317 e. The van der Waals surface area contributed by atoms with E-state index in [2.05, 4.69) is 21.3 Å². The lowest BCUT2D eigenvalue weighted by Gasteiger charge is -2.24. The Morgan fingerprint density at radius 1 is 1.06 bits per heavy atom. The van der Waals surface area contributed by atoms with Crippen LogP contribution in [0.4, 0.5) is 10.5 Å². The second kappa shape index (κ2) is 10.3. The first-order chi connectivity index (χ1) is 16.1. The van der Waals surface area contributed by atoms with Crippen LogP contribution in [0, 0.1) is 6.92 Å². The number of carbonyl (C=O) groups is 1. The van der Waals surface area contributed by atoms with Crippen LogP contribution in [0.5, 0.6) is 11.5 Å². The van der Waals surface area contributed by atoms with Crippen LogP contribution in [0.3, 0.4) is 0 Å². The molecule has 0 bridgehead atoms. The highest BCUT2D eigenvalue weighted by atomic mass is 16.5. The van der Waals surface area contributed by atoms with Gasteiger partial charge in [0.2, 0.25) is 0 Å². The second-order valence-corrected chi connectivity index (χ2v) is 7.93. The first-order valence-electron chi connectivity index (χ1n) is 11.1. The van der Waals surface area contributed by atoms with E-state index in [0.717, 1.165) is 47.8 Å². The van der Waals surface area contributed by atoms with Crippen LogP contribution in [0.1, 0.15) is 17.9 Å². The molecule has 3 aromatic rings. The van der Waals surface area contributed by atoms with E-state index >= 15 is 0 Å². The minimum atomic E-state index is -0.0589. The number of rotatable bonds is 6. The van der Waals surface area contributed by atoms with Gasteiger partial charge in [-0.3, -0.25) is 0 Å². The number of hydrogen-bond acceptors (Lipinski definition) is 6. The molecule has 2 amide bonds. The van der Waals surface area contributed by atoms with Gasteiger partial charge in [-0.2, -0.15) is 0 Å². The average molecular weight is 451 g/mol. The number of methoxy groups -OCH3 is 2. The number of urea groups is 1. The summed E-state index contributed by atoms with van der Waals surface area (Å²) in [6.45, 7) is 5.21. The van der Waals surface area contributed by atoms with E-state index < -0.39 is 0 Å². The van der Waals surface area contributed by atoms with Gasteiger partial charge in [0.25, 0.3) is 0 Å². The number of para-hydroxylation sites is 1. The molecule has 1 saturated heterocycles. The van der Waals surface area contributed by atoms with Gasteiger partial charge in [0, 0.05) is 57.0 Å². The molecule has 0 radical (unpaired) electrons. The fraction of sp³-hybridized carbons (Fsp3) is 0.360. The molecule has 0 atom stereocenters. The summed E-state index contributed by atoms with van der Waals surface area (Å²) in [5.74, 6) is 2.81. The SMILES string of the molecule is COc1ccccc1CNC(=O)N1CCCN(c2ccc(-c3cnc(C)o3)c(OC)c2)CC1. The van der Waals surface area contributed by atoms with E-state index in [4.69, 9.17) is 13.9 Å². The van der Waals surface area contributed by atoms with Crippen LogP contribution in [0.25, 0.3) is 11.3 Å². The van der Waals surface area contributed by atoms with Crippen molar-refractivity contribution in [2.75, 3.05) is 45.3 Å². The molecule has 2 aromatic carbocycles. The molecule has 1 N–H and O–H groups in total. The minimum absolute atomic E-state index is 0.0589. The predicted molar refractivity (Wildman–Crippen MR) is 127 cm³/mol. The lowest BCUT2D eigenvalue weighted by atomic mass is 10.1. The number of ether oxygens (including phenoxy) is 2. The number of aryl methyl sites for hydroxylation is 1. The summed E-state index contributed by atoms with van der Waals surface area (Å²) in [5.41, 5.74) is 2.89. The van der Waals surface area contributed by atoms with Crippen LogP contribution < -0.4 is 19.7 Å². The van der Waals surface area contributed by atoms with Crippen LogP contribution in [0.2, 0.25) is 0 Å². The lowest BCUT2D eigenvalue weighted by molar-refractivity contribution is 0.201. The molecule has 4 rings (SSSR count). The molecule has 8 nitrogen and oxygen atoms in total. The molecular formula is C25H30N4O4. The number of nitrogens with one attached hydrogen (secondary N) is 1. The number of benzene rings is 2. The number of nitrogens with zero attached hydrogens (tertiary/aromatic N) is 3. The van der Waals surface area contributed by atoms with E-state index in [1.165, 1.54) is 0 Å². The van der Waals surface area contributed by atoms with Gasteiger partial charge >= 0.3 is 6.03 Å². The van der Waals surface area contributed by atoms with Crippen molar-refractivity contribution < 1.29 is 18.7 Å². The van der Waals surface area contributed by atoms with E-state index in [1.807, 2.05) is 48.2 Å². The van der Waals surface area contributed by atoms with Crippen molar-refractivity contribution >= 4 is 11.7 Å². The third-order valence-corrected chi connectivity index (χ3v) is 5.84. The van der Waals surface area contributed by atoms with E-state index in [1.54, 1.807) is 20.4 Å². The maximum atomic E-state index is 12.8. The molecule has 1 fully saturated rings. The third-order valence-electron chi connectivity index (χ3n) is 5.84. The van der Waals surface area contributed by atoms with Crippen LogP contribution in [-0.4, -0.2) is 56.3 Å². The lowest BCUT2D eigenvalue weighted by Crippen LogP contribution is -2.41. The summed E-state index contributed by atoms with van der Waals surface area (Å²) in [6.07, 6.45) is 2.59. The summed E-state index contributed by atoms with van der Waals surface area (Å²) in [4.78, 5) is 21.1. The highest BCUT2D eigenvalue weighted by Crippen LogP contribution is 2.34. The van der Waals surface area contributed by atoms with Crippen molar-refractivity contribution in [1.82, 2.24) is 15.2 Å². The van der Waals surface area contributed by atoms with E-state index in [-0.39, 0.29) is 6.03 Å². The topological polar surface area (TPSA) is 80.1 Å². The first-order valence-corrected chi connectivity index (χ1v) is 11.1. The van der Waals surface area contributed by atoms with Crippen LogP contribution in [0.15, 0.2) is 53.1 Å². The number of aromatic nitrogens is 1. The number of carbonyl (C=O) groups excluding carboxylic acids is 1. The Balaban J connectivity index is 1.39. The molecule has 1 aliphatic heterocycles. The van der Waals surface area contributed by atoms with Gasteiger partial charge in [-0.05, 0) is 24.6 Å². The van der Waals surface area contributed by atoms with Gasteiger partial charge in [0.1, 0.15) is 11.5 Å². The fourth-order valence-corrected chi connectivity index (χ4v) is 4.08. The zero-order valence-electron chi connectivity index (χ0n) is 19.3. The molecule has 1 aromatic heterocycles. The maximum absolute atomic E-state index is 12.8. The van der Waals surface area contributed by atoms with Crippen LogP contribution in [-0.2, 0) is 6.54 Å². The summed E-state index contributed by atoms with van der Waals surface area (Å²) in [5, 5.41) is 3.02. The van der Waals surface area contributed by atoms with Gasteiger partial charge in [-0.15, -0.1) is 0 Å². The Bertz CT molecular complexity index is 1100. The predicted octanol–water partition coefficient (Wildman–Crippen LogP) is 4.09. The zero-order chi connectivity index (χ0) is 23.2. The fourth-order valence-electron chi connectivity index (χ4n) is 4.08. The van der Waals surface area contributed by atoms with Crippen molar-refractivity contribution in [3.8, 4) is 22.8 Å². The van der Waals surface area contributed by atoms with Gasteiger partial charge < -0.3 is 29.0 Å².